The van der Waals surface area contributed by atoms with Gasteiger partial charge in [0.15, 0.2) is 0 Å². The third kappa shape index (κ3) is 3.78. The molecule has 0 unspecified atom stereocenters. The van der Waals surface area contributed by atoms with Crippen LogP contribution in [0.2, 0.25) is 0 Å². The summed E-state index contributed by atoms with van der Waals surface area (Å²) < 4.78 is 0.998. The quantitative estimate of drug-likeness (QED) is 0.519. The highest BCUT2D eigenvalue weighted by Crippen LogP contribution is 2.36. The summed E-state index contributed by atoms with van der Waals surface area (Å²) in [6.45, 7) is 0. The van der Waals surface area contributed by atoms with Crippen LogP contribution >= 0.6 is 27.3 Å². The highest BCUT2D eigenvalue weighted by atomic mass is 79.9. The zero-order valence-corrected chi connectivity index (χ0v) is 14.1. The lowest BCUT2D eigenvalue weighted by Gasteiger charge is -1.95. The van der Waals surface area contributed by atoms with Gasteiger partial charge in [0.05, 0.1) is 9.48 Å². The van der Waals surface area contributed by atoms with Crippen LogP contribution in [0.25, 0.3) is 17.3 Å². The van der Waals surface area contributed by atoms with Gasteiger partial charge in [0, 0.05) is 11.8 Å². The largest absolute Gasteiger partial charge is 0.228 e. The first-order valence-corrected chi connectivity index (χ1v) is 8.41. The van der Waals surface area contributed by atoms with Crippen molar-refractivity contribution in [1.82, 2.24) is 4.98 Å². The van der Waals surface area contributed by atoms with Crippen molar-refractivity contribution in [3.05, 3.63) is 76.1 Å². The molecule has 0 radical (unpaired) electrons. The van der Waals surface area contributed by atoms with E-state index in [9.17, 15) is 0 Å². The van der Waals surface area contributed by atoms with Crippen molar-refractivity contribution in [3.8, 4) is 11.3 Å². The van der Waals surface area contributed by atoms with E-state index in [0.29, 0.717) is 0 Å². The lowest BCUT2D eigenvalue weighted by atomic mass is 10.2. The molecule has 0 aliphatic carbocycles. The molecule has 108 valence electrons. The Morgan fingerprint density at radius 3 is 2.36 bits per heavy atom. The van der Waals surface area contributed by atoms with Crippen molar-refractivity contribution in [2.45, 2.75) is 0 Å². The number of hydrogen-bond acceptors (Lipinski definition) is 3. The molecule has 0 bridgehead atoms. The topological polar surface area (TPSA) is 25.2 Å². The highest BCUT2D eigenvalue weighted by molar-refractivity contribution is 9.11. The van der Waals surface area contributed by atoms with E-state index in [4.69, 9.17) is 0 Å². The average molecular weight is 369 g/mol. The van der Waals surface area contributed by atoms with Gasteiger partial charge in [0.1, 0.15) is 0 Å². The highest BCUT2D eigenvalue weighted by Gasteiger charge is 2.09. The number of rotatable bonds is 4. The van der Waals surface area contributed by atoms with Crippen LogP contribution in [0, 0.1) is 0 Å². The smallest absolute Gasteiger partial charge is 0.210 e. The predicted octanol–water partition coefficient (Wildman–Crippen LogP) is 5.99. The van der Waals surface area contributed by atoms with Gasteiger partial charge in [-0.1, -0.05) is 78.1 Å². The van der Waals surface area contributed by atoms with Gasteiger partial charge in [-0.25, -0.2) is 9.98 Å². The Balaban J connectivity index is 1.74. The molecule has 2 nitrogen and oxygen atoms in total. The number of hydrogen-bond donors (Lipinski definition) is 0. The fourth-order valence-electron chi connectivity index (χ4n) is 1.95. The average Bonchev–Trinajstić information content (AvgIpc) is 2.94. The number of allylic oxidation sites excluding steroid dienone is 1. The molecule has 0 aliphatic rings. The van der Waals surface area contributed by atoms with Crippen molar-refractivity contribution >= 4 is 44.7 Å². The van der Waals surface area contributed by atoms with E-state index in [1.54, 1.807) is 6.21 Å². The first-order chi connectivity index (χ1) is 10.8. The maximum absolute atomic E-state index is 4.56. The van der Waals surface area contributed by atoms with Crippen LogP contribution in [0.5, 0.6) is 0 Å². The molecule has 0 N–H and O–H groups in total. The molecule has 0 amide bonds. The molecule has 1 heterocycles. The molecule has 0 fully saturated rings. The summed E-state index contributed by atoms with van der Waals surface area (Å²) in [5, 5.41) is 0.739. The predicted molar refractivity (Wildman–Crippen MR) is 98.9 cm³/mol. The molecule has 2 aromatic carbocycles. The maximum atomic E-state index is 4.56. The first kappa shape index (κ1) is 14.9. The Hall–Kier alpha value is -2.04. The molecule has 0 aliphatic heterocycles. The van der Waals surface area contributed by atoms with Crippen LogP contribution in [0.1, 0.15) is 5.56 Å². The molecule has 0 saturated heterocycles. The number of nitrogens with zero attached hydrogens (tertiary/aromatic N) is 2. The number of halogens is 1. The third-order valence-electron chi connectivity index (χ3n) is 2.98. The van der Waals surface area contributed by atoms with E-state index in [1.165, 1.54) is 11.3 Å². The van der Waals surface area contributed by atoms with Gasteiger partial charge in [-0.05, 0) is 27.6 Å². The zero-order valence-electron chi connectivity index (χ0n) is 11.7. The van der Waals surface area contributed by atoms with Crippen LogP contribution in [-0.4, -0.2) is 11.2 Å². The van der Waals surface area contributed by atoms with Crippen LogP contribution in [-0.2, 0) is 0 Å². The van der Waals surface area contributed by atoms with Gasteiger partial charge in [-0.15, -0.1) is 0 Å². The van der Waals surface area contributed by atoms with Gasteiger partial charge in [-0.2, -0.15) is 0 Å². The molecule has 0 spiro atoms. The summed E-state index contributed by atoms with van der Waals surface area (Å²) in [5.74, 6) is 0. The Kier molecular flexibility index (Phi) is 4.93. The summed E-state index contributed by atoms with van der Waals surface area (Å²) >= 11 is 5.09. The zero-order chi connectivity index (χ0) is 15.2. The minimum atomic E-state index is 0.739. The van der Waals surface area contributed by atoms with E-state index in [0.717, 1.165) is 25.7 Å². The lowest BCUT2D eigenvalue weighted by molar-refractivity contribution is 1.35. The van der Waals surface area contributed by atoms with E-state index < -0.39 is 0 Å². The van der Waals surface area contributed by atoms with Crippen LogP contribution in [0.4, 0.5) is 5.13 Å². The molecule has 3 aromatic rings. The second-order valence-electron chi connectivity index (χ2n) is 4.53. The normalized spacial score (nSPS) is 11.5. The third-order valence-corrected chi connectivity index (χ3v) is 4.59. The maximum Gasteiger partial charge on any atom is 0.210 e. The summed E-state index contributed by atoms with van der Waals surface area (Å²) in [6.07, 6.45) is 5.71. The molecular formula is C18H13BrN2S. The second kappa shape index (κ2) is 7.29. The van der Waals surface area contributed by atoms with Gasteiger partial charge in [-0.3, -0.25) is 0 Å². The van der Waals surface area contributed by atoms with E-state index in [2.05, 4.69) is 38.0 Å². The first-order valence-electron chi connectivity index (χ1n) is 6.80. The number of benzene rings is 2. The molecule has 22 heavy (non-hydrogen) atoms. The van der Waals surface area contributed by atoms with Crippen molar-refractivity contribution in [2.75, 3.05) is 0 Å². The van der Waals surface area contributed by atoms with Gasteiger partial charge in [0.25, 0.3) is 0 Å². The number of aliphatic imine (C=N–C) groups is 1. The fourth-order valence-corrected chi connectivity index (χ4v) is 3.37. The monoisotopic (exact) mass is 368 g/mol. The Morgan fingerprint density at radius 1 is 0.955 bits per heavy atom. The van der Waals surface area contributed by atoms with Crippen molar-refractivity contribution in [3.63, 3.8) is 0 Å². The Labute approximate surface area is 142 Å². The minimum Gasteiger partial charge on any atom is -0.228 e. The Bertz CT molecular complexity index is 792. The number of thiazole rings is 1. The fraction of sp³-hybridized carbons (Fsp3) is 0. The lowest BCUT2D eigenvalue weighted by Crippen LogP contribution is -1.76. The van der Waals surface area contributed by atoms with Gasteiger partial charge < -0.3 is 0 Å². The molecular weight excluding hydrogens is 356 g/mol. The van der Waals surface area contributed by atoms with E-state index in [-0.39, 0.29) is 0 Å². The second-order valence-corrected chi connectivity index (χ2v) is 6.83. The minimum absolute atomic E-state index is 0.739. The van der Waals surface area contributed by atoms with Gasteiger partial charge in [0.2, 0.25) is 5.13 Å². The number of aromatic nitrogens is 1. The van der Waals surface area contributed by atoms with E-state index >= 15 is 0 Å². The standard InChI is InChI=1S/C18H13BrN2S/c19-17-16(15-11-5-2-6-12-15)21-18(22-17)20-13-7-10-14-8-3-1-4-9-14/h1-13H/b10-7+,20-13+. The van der Waals surface area contributed by atoms with Crippen molar-refractivity contribution in [1.29, 1.82) is 0 Å². The summed E-state index contributed by atoms with van der Waals surface area (Å²) in [7, 11) is 0. The molecule has 1 aromatic heterocycles. The van der Waals surface area contributed by atoms with Crippen LogP contribution in [0.15, 0.2) is 75.5 Å². The molecule has 0 saturated carbocycles. The molecule has 0 atom stereocenters. The summed E-state index contributed by atoms with van der Waals surface area (Å²) in [5.41, 5.74) is 3.18. The SMILES string of the molecule is Brc1sc(/N=C/C=C/c2ccccc2)nc1-c1ccccc1. The van der Waals surface area contributed by atoms with Crippen molar-refractivity contribution < 1.29 is 0 Å². The van der Waals surface area contributed by atoms with Gasteiger partial charge >= 0.3 is 0 Å². The Morgan fingerprint density at radius 2 is 1.64 bits per heavy atom. The molecule has 4 heteroatoms. The van der Waals surface area contributed by atoms with Crippen LogP contribution in [0.3, 0.4) is 0 Å². The van der Waals surface area contributed by atoms with E-state index in [1.807, 2.05) is 60.7 Å². The summed E-state index contributed by atoms with van der Waals surface area (Å²) in [6, 6.07) is 20.2. The summed E-state index contributed by atoms with van der Waals surface area (Å²) in [4.78, 5) is 8.96. The van der Waals surface area contributed by atoms with Crippen molar-refractivity contribution in [2.24, 2.45) is 4.99 Å². The van der Waals surface area contributed by atoms with Crippen LogP contribution < -0.4 is 0 Å². The molecule has 3 rings (SSSR count).